The summed E-state index contributed by atoms with van der Waals surface area (Å²) in [6.45, 7) is 1.72. The second-order valence-corrected chi connectivity index (χ2v) is 5.04. The van der Waals surface area contributed by atoms with Gasteiger partial charge in [-0.1, -0.05) is 25.1 Å². The van der Waals surface area contributed by atoms with Gasteiger partial charge in [-0.25, -0.2) is 0 Å². The molecule has 3 N–H and O–H groups in total. The van der Waals surface area contributed by atoms with Crippen molar-refractivity contribution in [2.24, 2.45) is 0 Å². The third-order valence-corrected chi connectivity index (χ3v) is 3.30. The summed E-state index contributed by atoms with van der Waals surface area (Å²) < 4.78 is 37.8. The van der Waals surface area contributed by atoms with E-state index in [-0.39, 0.29) is 24.6 Å². The predicted molar refractivity (Wildman–Crippen MR) is 75.1 cm³/mol. The fraction of sp³-hybridized carbons (Fsp3) is 0.533. The lowest BCUT2D eigenvalue weighted by atomic mass is 10.0. The van der Waals surface area contributed by atoms with E-state index in [2.05, 4.69) is 5.32 Å². The molecule has 4 nitrogen and oxygen atoms in total. The molecule has 22 heavy (non-hydrogen) atoms. The van der Waals surface area contributed by atoms with Crippen LogP contribution in [0.15, 0.2) is 24.3 Å². The van der Waals surface area contributed by atoms with Crippen molar-refractivity contribution < 1.29 is 28.2 Å². The molecule has 1 amide bonds. The first-order valence-corrected chi connectivity index (χ1v) is 7.03. The lowest BCUT2D eigenvalue weighted by molar-refractivity contribution is -0.137. The molecule has 0 aromatic heterocycles. The Morgan fingerprint density at radius 2 is 2.05 bits per heavy atom. The van der Waals surface area contributed by atoms with Gasteiger partial charge in [0, 0.05) is 19.1 Å². The molecule has 7 heteroatoms. The van der Waals surface area contributed by atoms with Crippen molar-refractivity contribution in [2.75, 3.05) is 6.61 Å². The van der Waals surface area contributed by atoms with E-state index >= 15 is 0 Å². The van der Waals surface area contributed by atoms with Crippen LogP contribution in [0.5, 0.6) is 0 Å². The average Bonchev–Trinajstić information content (AvgIpc) is 2.46. The standard InChI is InChI=1S/C15H20F3NO3/c1-2-12(6-7-20)19-14(22)13(21)9-10-4-3-5-11(8-10)15(16,17)18/h3-5,8,12-13,20-21H,2,6-7,9H2,1H3,(H,19,22)/t12-,13+/m0/s1. The van der Waals surface area contributed by atoms with E-state index in [0.717, 1.165) is 12.1 Å². The zero-order valence-corrected chi connectivity index (χ0v) is 12.2. The SMILES string of the molecule is CC[C@@H](CCO)NC(=O)[C@H](O)Cc1cccc(C(F)(F)F)c1. The number of carbonyl (C=O) groups is 1. The Bertz CT molecular complexity index is 491. The van der Waals surface area contributed by atoms with Crippen molar-refractivity contribution in [1.82, 2.24) is 5.32 Å². The lowest BCUT2D eigenvalue weighted by Crippen LogP contribution is -2.42. The summed E-state index contributed by atoms with van der Waals surface area (Å²) in [6, 6.07) is 4.25. The molecule has 1 rings (SSSR count). The van der Waals surface area contributed by atoms with Gasteiger partial charge in [0.05, 0.1) is 5.56 Å². The molecule has 0 saturated heterocycles. The molecule has 1 aromatic carbocycles. The zero-order valence-electron chi connectivity index (χ0n) is 12.2. The molecule has 0 radical (unpaired) electrons. The van der Waals surface area contributed by atoms with Gasteiger partial charge in [-0.15, -0.1) is 0 Å². The molecule has 0 heterocycles. The molecule has 0 fully saturated rings. The van der Waals surface area contributed by atoms with Gasteiger partial charge >= 0.3 is 6.18 Å². The van der Waals surface area contributed by atoms with Crippen LogP contribution in [-0.4, -0.2) is 34.9 Å². The zero-order chi connectivity index (χ0) is 16.8. The highest BCUT2D eigenvalue weighted by Gasteiger charge is 2.30. The van der Waals surface area contributed by atoms with E-state index in [1.165, 1.54) is 12.1 Å². The lowest BCUT2D eigenvalue weighted by Gasteiger charge is -2.18. The van der Waals surface area contributed by atoms with Crippen molar-refractivity contribution >= 4 is 5.91 Å². The van der Waals surface area contributed by atoms with Gasteiger partial charge in [-0.05, 0) is 24.5 Å². The van der Waals surface area contributed by atoms with E-state index < -0.39 is 23.8 Å². The van der Waals surface area contributed by atoms with Crippen LogP contribution >= 0.6 is 0 Å². The van der Waals surface area contributed by atoms with E-state index in [1.54, 1.807) is 0 Å². The predicted octanol–water partition coefficient (Wildman–Crippen LogP) is 1.89. The monoisotopic (exact) mass is 319 g/mol. The number of halogens is 3. The number of hydrogen-bond acceptors (Lipinski definition) is 3. The molecule has 1 aromatic rings. The molecule has 0 aliphatic rings. The average molecular weight is 319 g/mol. The van der Waals surface area contributed by atoms with Gasteiger partial charge in [0.1, 0.15) is 6.10 Å². The van der Waals surface area contributed by atoms with Crippen LogP contribution in [0.4, 0.5) is 13.2 Å². The van der Waals surface area contributed by atoms with Gasteiger partial charge in [-0.3, -0.25) is 4.79 Å². The topological polar surface area (TPSA) is 69.6 Å². The minimum Gasteiger partial charge on any atom is -0.396 e. The fourth-order valence-electron chi connectivity index (χ4n) is 2.02. The molecule has 124 valence electrons. The van der Waals surface area contributed by atoms with Gasteiger partial charge < -0.3 is 15.5 Å². The Kier molecular flexibility index (Phi) is 6.83. The summed E-state index contributed by atoms with van der Waals surface area (Å²) in [7, 11) is 0. The smallest absolute Gasteiger partial charge is 0.396 e. The summed E-state index contributed by atoms with van der Waals surface area (Å²) in [4.78, 5) is 11.8. The number of amides is 1. The summed E-state index contributed by atoms with van der Waals surface area (Å²) in [5, 5.41) is 21.2. The van der Waals surface area contributed by atoms with Crippen molar-refractivity contribution in [3.8, 4) is 0 Å². The summed E-state index contributed by atoms with van der Waals surface area (Å²) in [5.41, 5.74) is -0.586. The van der Waals surface area contributed by atoms with Crippen LogP contribution in [0.2, 0.25) is 0 Å². The van der Waals surface area contributed by atoms with E-state index in [9.17, 15) is 23.1 Å². The highest BCUT2D eigenvalue weighted by Crippen LogP contribution is 2.29. The quantitative estimate of drug-likeness (QED) is 0.719. The van der Waals surface area contributed by atoms with Gasteiger partial charge in [-0.2, -0.15) is 13.2 Å². The Morgan fingerprint density at radius 1 is 1.36 bits per heavy atom. The van der Waals surface area contributed by atoms with Crippen molar-refractivity contribution in [3.05, 3.63) is 35.4 Å². The molecule has 2 atom stereocenters. The number of aliphatic hydroxyl groups excluding tert-OH is 2. The molecular weight excluding hydrogens is 299 g/mol. The number of alkyl halides is 3. The van der Waals surface area contributed by atoms with E-state index in [0.29, 0.717) is 12.8 Å². The molecule has 0 aliphatic carbocycles. The van der Waals surface area contributed by atoms with Crippen LogP contribution in [0.25, 0.3) is 0 Å². The number of aliphatic hydroxyl groups is 2. The maximum absolute atomic E-state index is 12.6. The largest absolute Gasteiger partial charge is 0.416 e. The summed E-state index contributed by atoms with van der Waals surface area (Å²) in [6.07, 6.45) is -5.15. The first kappa shape index (κ1) is 18.4. The van der Waals surface area contributed by atoms with Crippen molar-refractivity contribution in [1.29, 1.82) is 0 Å². The number of rotatable bonds is 7. The molecule has 0 saturated carbocycles. The third-order valence-electron chi connectivity index (χ3n) is 3.30. The van der Waals surface area contributed by atoms with Gasteiger partial charge in [0.25, 0.3) is 0 Å². The molecular formula is C15H20F3NO3. The van der Waals surface area contributed by atoms with Crippen molar-refractivity contribution in [3.63, 3.8) is 0 Å². The minimum atomic E-state index is -4.46. The maximum Gasteiger partial charge on any atom is 0.416 e. The molecule has 0 bridgehead atoms. The molecule has 0 aliphatic heterocycles. The Hall–Kier alpha value is -1.60. The van der Waals surface area contributed by atoms with Crippen molar-refractivity contribution in [2.45, 2.75) is 44.5 Å². The summed E-state index contributed by atoms with van der Waals surface area (Å²) in [5.74, 6) is -0.655. The highest BCUT2D eigenvalue weighted by molar-refractivity contribution is 5.81. The second-order valence-electron chi connectivity index (χ2n) is 5.04. The number of carbonyl (C=O) groups excluding carboxylic acids is 1. The first-order chi connectivity index (χ1) is 10.3. The maximum atomic E-state index is 12.6. The highest BCUT2D eigenvalue weighted by atomic mass is 19.4. The van der Waals surface area contributed by atoms with E-state index in [1.807, 2.05) is 6.92 Å². The Labute approximate surface area is 127 Å². The number of nitrogens with one attached hydrogen (secondary N) is 1. The second kappa shape index (κ2) is 8.14. The Morgan fingerprint density at radius 3 is 2.59 bits per heavy atom. The molecule has 0 unspecified atom stereocenters. The number of hydrogen-bond donors (Lipinski definition) is 3. The van der Waals surface area contributed by atoms with Gasteiger partial charge in [0.15, 0.2) is 0 Å². The van der Waals surface area contributed by atoms with E-state index in [4.69, 9.17) is 5.11 Å². The van der Waals surface area contributed by atoms with Crippen LogP contribution in [-0.2, 0) is 17.4 Å². The third kappa shape index (κ3) is 5.65. The fourth-order valence-corrected chi connectivity index (χ4v) is 2.02. The van der Waals surface area contributed by atoms with Gasteiger partial charge in [0.2, 0.25) is 5.91 Å². The summed E-state index contributed by atoms with van der Waals surface area (Å²) >= 11 is 0. The van der Waals surface area contributed by atoms with Crippen LogP contribution in [0.1, 0.15) is 30.9 Å². The van der Waals surface area contributed by atoms with Crippen LogP contribution in [0, 0.1) is 0 Å². The minimum absolute atomic E-state index is 0.0947. The molecule has 0 spiro atoms. The normalized spacial score (nSPS) is 14.5. The Balaban J connectivity index is 2.68. The van der Waals surface area contributed by atoms with Crippen LogP contribution in [0.3, 0.4) is 0 Å². The number of benzene rings is 1. The first-order valence-electron chi connectivity index (χ1n) is 7.03. The van der Waals surface area contributed by atoms with Crippen LogP contribution < -0.4 is 5.32 Å².